The van der Waals surface area contributed by atoms with Gasteiger partial charge in [-0.3, -0.25) is 0 Å². The highest BCUT2D eigenvalue weighted by Crippen LogP contribution is 2.10. The first kappa shape index (κ1) is 15.5. The van der Waals surface area contributed by atoms with Crippen LogP contribution in [0.5, 0.6) is 0 Å². The summed E-state index contributed by atoms with van der Waals surface area (Å²) < 4.78 is 0. The summed E-state index contributed by atoms with van der Waals surface area (Å²) in [6.07, 6.45) is 0.775. The number of carboxylic acid groups (broad SMARTS) is 1. The third kappa shape index (κ3) is 4.83. The van der Waals surface area contributed by atoms with Gasteiger partial charge in [-0.1, -0.05) is 0 Å². The van der Waals surface area contributed by atoms with Gasteiger partial charge in [-0.15, -0.1) is 11.3 Å². The molecule has 2 aromatic rings. The summed E-state index contributed by atoms with van der Waals surface area (Å²) >= 11 is 2.84. The van der Waals surface area contributed by atoms with Gasteiger partial charge in [0.2, 0.25) is 0 Å². The number of thiophene rings is 1. The lowest BCUT2D eigenvalue weighted by Gasteiger charge is -2.13. The summed E-state index contributed by atoms with van der Waals surface area (Å²) in [4.78, 5) is 26.3. The summed E-state index contributed by atoms with van der Waals surface area (Å²) in [7, 11) is 0. The molecule has 2 heterocycles. The van der Waals surface area contributed by atoms with Crippen molar-refractivity contribution in [1.82, 2.24) is 15.6 Å². The van der Waals surface area contributed by atoms with Crippen LogP contribution in [0.3, 0.4) is 0 Å². The summed E-state index contributed by atoms with van der Waals surface area (Å²) in [6.45, 7) is 2.15. The van der Waals surface area contributed by atoms with Crippen molar-refractivity contribution in [3.8, 4) is 0 Å². The van der Waals surface area contributed by atoms with E-state index in [1.807, 2.05) is 18.4 Å². The number of amides is 2. The van der Waals surface area contributed by atoms with Crippen LogP contribution in [0.2, 0.25) is 0 Å². The molecule has 112 valence electrons. The Balaban J connectivity index is 1.75. The fourth-order valence-corrected chi connectivity index (χ4v) is 3.12. The van der Waals surface area contributed by atoms with E-state index in [0.717, 1.165) is 6.42 Å². The number of aromatic carboxylic acids is 1. The predicted octanol–water partition coefficient (Wildman–Crippen LogP) is 2.33. The fourth-order valence-electron chi connectivity index (χ4n) is 1.73. The normalized spacial score (nSPS) is 11.9. The molecule has 0 spiro atoms. The largest absolute Gasteiger partial charge is 0.476 e. The van der Waals surface area contributed by atoms with Gasteiger partial charge in [0, 0.05) is 11.4 Å². The fraction of sp³-hybridized carbons (Fsp3) is 0.308. The maximum Gasteiger partial charge on any atom is 0.355 e. The number of aromatic nitrogens is 1. The third-order valence-electron chi connectivity index (χ3n) is 2.67. The molecule has 2 rings (SSSR count). The van der Waals surface area contributed by atoms with Crippen molar-refractivity contribution in [1.29, 1.82) is 0 Å². The van der Waals surface area contributed by atoms with Crippen LogP contribution >= 0.6 is 22.7 Å². The van der Waals surface area contributed by atoms with Crippen molar-refractivity contribution in [2.24, 2.45) is 0 Å². The van der Waals surface area contributed by atoms with E-state index in [0.29, 0.717) is 5.01 Å². The molecule has 0 aliphatic carbocycles. The minimum atomic E-state index is -1.06. The van der Waals surface area contributed by atoms with E-state index in [1.165, 1.54) is 22.3 Å². The Hall–Kier alpha value is -1.93. The number of hydrogen-bond acceptors (Lipinski definition) is 5. The number of rotatable bonds is 6. The van der Waals surface area contributed by atoms with E-state index >= 15 is 0 Å². The van der Waals surface area contributed by atoms with E-state index in [9.17, 15) is 9.59 Å². The number of carboxylic acids is 1. The van der Waals surface area contributed by atoms with Crippen molar-refractivity contribution in [3.05, 3.63) is 38.5 Å². The Labute approximate surface area is 129 Å². The first-order valence-electron chi connectivity index (χ1n) is 6.27. The van der Waals surface area contributed by atoms with E-state index in [-0.39, 0.29) is 24.3 Å². The van der Waals surface area contributed by atoms with Gasteiger partial charge in [0.25, 0.3) is 0 Å². The number of nitrogens with one attached hydrogen (secondary N) is 2. The molecule has 2 aromatic heterocycles. The SMILES string of the molecule is CC(Cc1ccsc1)NC(=O)NCc1nc(C(=O)O)cs1. The molecule has 0 saturated heterocycles. The maximum atomic E-state index is 11.7. The first-order chi connectivity index (χ1) is 10.0. The number of nitrogens with zero attached hydrogens (tertiary/aromatic N) is 1. The van der Waals surface area contributed by atoms with Gasteiger partial charge in [0.05, 0.1) is 6.54 Å². The van der Waals surface area contributed by atoms with Crippen molar-refractivity contribution in [3.63, 3.8) is 0 Å². The molecule has 0 fully saturated rings. The van der Waals surface area contributed by atoms with Gasteiger partial charge < -0.3 is 15.7 Å². The average Bonchev–Trinajstić information content (AvgIpc) is 3.06. The lowest BCUT2D eigenvalue weighted by Crippen LogP contribution is -2.41. The van der Waals surface area contributed by atoms with Crippen LogP contribution in [-0.2, 0) is 13.0 Å². The topological polar surface area (TPSA) is 91.3 Å². The molecule has 8 heteroatoms. The lowest BCUT2D eigenvalue weighted by molar-refractivity contribution is 0.0691. The van der Waals surface area contributed by atoms with E-state index in [2.05, 4.69) is 21.0 Å². The molecule has 6 nitrogen and oxygen atoms in total. The number of thiazole rings is 1. The summed E-state index contributed by atoms with van der Waals surface area (Å²) in [6, 6.07) is 1.76. The predicted molar refractivity (Wildman–Crippen MR) is 81.9 cm³/mol. The Bertz CT molecular complexity index is 610. The van der Waals surface area contributed by atoms with Crippen molar-refractivity contribution >= 4 is 34.7 Å². The molecule has 1 atom stereocenters. The standard InChI is InChI=1S/C13H15N3O3S2/c1-8(4-9-2-3-20-6-9)15-13(19)14-5-11-16-10(7-21-11)12(17)18/h2-3,6-8H,4-5H2,1H3,(H,17,18)(H2,14,15,19). The zero-order valence-corrected chi connectivity index (χ0v) is 13.0. The molecule has 1 unspecified atom stereocenters. The zero-order valence-electron chi connectivity index (χ0n) is 11.3. The molecule has 0 aliphatic rings. The summed E-state index contributed by atoms with van der Waals surface area (Å²) in [5.74, 6) is -1.06. The summed E-state index contributed by atoms with van der Waals surface area (Å²) in [5, 5.41) is 20.3. The Morgan fingerprint density at radius 1 is 1.43 bits per heavy atom. The molecule has 21 heavy (non-hydrogen) atoms. The second-order valence-electron chi connectivity index (χ2n) is 4.50. The van der Waals surface area contributed by atoms with Crippen LogP contribution in [0.4, 0.5) is 4.79 Å². The molecular formula is C13H15N3O3S2. The Kier molecular flexibility index (Phi) is 5.29. The van der Waals surface area contributed by atoms with Gasteiger partial charge >= 0.3 is 12.0 Å². The van der Waals surface area contributed by atoms with Gasteiger partial charge in [0.1, 0.15) is 5.01 Å². The minimum absolute atomic E-state index is 0.00281. The van der Waals surface area contributed by atoms with E-state index < -0.39 is 5.97 Å². The van der Waals surface area contributed by atoms with Crippen molar-refractivity contribution < 1.29 is 14.7 Å². The molecular weight excluding hydrogens is 310 g/mol. The minimum Gasteiger partial charge on any atom is -0.476 e. The van der Waals surface area contributed by atoms with Crippen LogP contribution in [0.1, 0.15) is 28.0 Å². The average molecular weight is 325 g/mol. The second kappa shape index (κ2) is 7.19. The van der Waals surface area contributed by atoms with Gasteiger partial charge in [-0.2, -0.15) is 11.3 Å². The monoisotopic (exact) mass is 325 g/mol. The number of hydrogen-bond donors (Lipinski definition) is 3. The number of carbonyl (C=O) groups excluding carboxylic acids is 1. The van der Waals surface area contributed by atoms with Crippen molar-refractivity contribution in [2.45, 2.75) is 25.9 Å². The van der Waals surface area contributed by atoms with Gasteiger partial charge in [0.15, 0.2) is 5.69 Å². The third-order valence-corrected chi connectivity index (χ3v) is 4.25. The highest BCUT2D eigenvalue weighted by atomic mass is 32.1. The van der Waals surface area contributed by atoms with Crippen LogP contribution in [-0.4, -0.2) is 28.1 Å². The van der Waals surface area contributed by atoms with Crippen LogP contribution in [0.25, 0.3) is 0 Å². The molecule has 0 aromatic carbocycles. The molecule has 0 radical (unpaired) electrons. The Morgan fingerprint density at radius 2 is 2.24 bits per heavy atom. The van der Waals surface area contributed by atoms with Gasteiger partial charge in [-0.25, -0.2) is 14.6 Å². The molecule has 0 bridgehead atoms. The molecule has 2 amide bonds. The molecule has 3 N–H and O–H groups in total. The first-order valence-corrected chi connectivity index (χ1v) is 8.10. The van der Waals surface area contributed by atoms with Crippen LogP contribution < -0.4 is 10.6 Å². The molecule has 0 aliphatic heterocycles. The van der Waals surface area contributed by atoms with E-state index in [1.54, 1.807) is 11.3 Å². The quantitative estimate of drug-likeness (QED) is 0.760. The number of carbonyl (C=O) groups is 2. The molecule has 0 saturated carbocycles. The highest BCUT2D eigenvalue weighted by molar-refractivity contribution is 7.09. The van der Waals surface area contributed by atoms with Crippen LogP contribution in [0.15, 0.2) is 22.2 Å². The second-order valence-corrected chi connectivity index (χ2v) is 6.22. The number of urea groups is 1. The van der Waals surface area contributed by atoms with E-state index in [4.69, 9.17) is 5.11 Å². The van der Waals surface area contributed by atoms with Gasteiger partial charge in [-0.05, 0) is 35.7 Å². The maximum absolute atomic E-state index is 11.7. The Morgan fingerprint density at radius 3 is 2.86 bits per heavy atom. The van der Waals surface area contributed by atoms with Crippen LogP contribution in [0, 0.1) is 0 Å². The summed E-state index contributed by atoms with van der Waals surface area (Å²) in [5.41, 5.74) is 1.20. The van der Waals surface area contributed by atoms with Crippen molar-refractivity contribution in [2.75, 3.05) is 0 Å². The smallest absolute Gasteiger partial charge is 0.355 e. The highest BCUT2D eigenvalue weighted by Gasteiger charge is 2.11. The zero-order chi connectivity index (χ0) is 15.2. The lowest BCUT2D eigenvalue weighted by atomic mass is 10.1.